The zero-order valence-electron chi connectivity index (χ0n) is 48.0. The normalized spacial score (nSPS) is 12.4. The van der Waals surface area contributed by atoms with Crippen LogP contribution in [0.25, 0.3) is 70.3 Å². The van der Waals surface area contributed by atoms with Gasteiger partial charge in [-0.3, -0.25) is 0 Å². The van der Waals surface area contributed by atoms with E-state index in [1.54, 1.807) is 21.6 Å². The third-order valence-corrected chi connectivity index (χ3v) is 24.5. The van der Waals surface area contributed by atoms with Gasteiger partial charge in [-0.15, -0.1) is 68.0 Å². The lowest BCUT2D eigenvalue weighted by Gasteiger charge is -2.28. The fraction of sp³-hybridized carbons (Fsp3) is 0.486. The molecular formula is C70H90S6. The molecule has 76 heavy (non-hydrogen) atoms. The van der Waals surface area contributed by atoms with E-state index >= 15 is 0 Å². The zero-order valence-corrected chi connectivity index (χ0v) is 52.9. The van der Waals surface area contributed by atoms with E-state index in [4.69, 9.17) is 0 Å². The minimum absolute atomic E-state index is 0.0951. The molecule has 1 unspecified atom stereocenters. The quantitative estimate of drug-likeness (QED) is 0.0369. The number of benzene rings is 2. The molecule has 0 saturated heterocycles. The van der Waals surface area contributed by atoms with Crippen molar-refractivity contribution in [2.45, 2.75) is 221 Å². The molecule has 0 nitrogen and oxygen atoms in total. The maximum Gasteiger partial charge on any atom is 0.0484 e. The van der Waals surface area contributed by atoms with Crippen LogP contribution in [0.1, 0.15) is 223 Å². The second-order valence-electron chi connectivity index (χ2n) is 22.2. The number of aryl methyl sites for hydroxylation is 4. The van der Waals surface area contributed by atoms with Crippen molar-refractivity contribution >= 4 is 68.0 Å². The standard InChI is InChI=1S/C70H90S6/c1-10-17-21-26-34-51-45-62(49(8)14-5)73-66(51)60-40-38-58(71-60)59-39-41-61(72-59)67-52(35-27-22-18-11-2)46-64(74-67)55-42-56(44-57(43-55)70(9,15-6)16-7)65-48-54(37-29-24-20-13-4)69(76-65)68-53(36-28-23-19-12-3)47-63(75-68)50-32-30-25-31-33-50/h25,30-33,38-49H,10-24,26-29,34-37H2,1-9H3. The van der Waals surface area contributed by atoms with E-state index in [1.165, 1.54) is 197 Å². The lowest BCUT2D eigenvalue weighted by molar-refractivity contribution is 0.439. The van der Waals surface area contributed by atoms with Crippen LogP contribution in [0.2, 0.25) is 0 Å². The Morgan fingerprint density at radius 1 is 0.355 bits per heavy atom. The van der Waals surface area contributed by atoms with Gasteiger partial charge in [-0.05, 0) is 193 Å². The first kappa shape index (κ1) is 58.8. The summed E-state index contributed by atoms with van der Waals surface area (Å²) in [6.07, 6.45) is 28.7. The Morgan fingerprint density at radius 3 is 1.18 bits per heavy atom. The van der Waals surface area contributed by atoms with Crippen LogP contribution >= 0.6 is 68.0 Å². The van der Waals surface area contributed by atoms with Crippen LogP contribution in [0.3, 0.4) is 0 Å². The van der Waals surface area contributed by atoms with Gasteiger partial charge in [-0.2, -0.15) is 0 Å². The molecule has 0 aliphatic rings. The Morgan fingerprint density at radius 2 is 0.750 bits per heavy atom. The minimum Gasteiger partial charge on any atom is -0.139 e. The molecule has 1 atom stereocenters. The van der Waals surface area contributed by atoms with Crippen LogP contribution in [0.4, 0.5) is 0 Å². The van der Waals surface area contributed by atoms with E-state index in [0.717, 1.165) is 32.1 Å². The summed E-state index contributed by atoms with van der Waals surface area (Å²) < 4.78 is 0. The molecule has 0 bridgehead atoms. The van der Waals surface area contributed by atoms with Gasteiger partial charge in [0.2, 0.25) is 0 Å². The summed E-state index contributed by atoms with van der Waals surface area (Å²) in [6.45, 7) is 21.4. The fourth-order valence-electron chi connectivity index (χ4n) is 10.8. The monoisotopic (exact) mass is 1120 g/mol. The lowest BCUT2D eigenvalue weighted by Crippen LogP contribution is -2.19. The lowest BCUT2D eigenvalue weighted by atomic mass is 9.76. The van der Waals surface area contributed by atoms with Gasteiger partial charge >= 0.3 is 0 Å². The first-order valence-electron chi connectivity index (χ1n) is 30.1. The highest BCUT2D eigenvalue weighted by Crippen LogP contribution is 2.51. The van der Waals surface area contributed by atoms with Gasteiger partial charge in [0.05, 0.1) is 0 Å². The predicted octanol–water partition coefficient (Wildman–Crippen LogP) is 25.8. The molecule has 0 aliphatic carbocycles. The molecule has 6 aromatic heterocycles. The van der Waals surface area contributed by atoms with E-state index in [1.807, 2.05) is 34.0 Å². The summed E-state index contributed by atoms with van der Waals surface area (Å²) in [5.41, 5.74) is 11.9. The smallest absolute Gasteiger partial charge is 0.0484 e. The van der Waals surface area contributed by atoms with Crippen molar-refractivity contribution in [3.8, 4) is 70.3 Å². The Hall–Kier alpha value is -3.36. The van der Waals surface area contributed by atoms with Crippen molar-refractivity contribution in [1.82, 2.24) is 0 Å². The number of unbranched alkanes of at least 4 members (excludes halogenated alkanes) is 12. The Balaban J connectivity index is 1.19. The fourth-order valence-corrected chi connectivity index (χ4v) is 18.4. The molecule has 0 radical (unpaired) electrons. The van der Waals surface area contributed by atoms with E-state index < -0.39 is 0 Å². The Bertz CT molecular complexity index is 2990. The number of thiophene rings is 6. The molecule has 0 aliphatic heterocycles. The van der Waals surface area contributed by atoms with Gasteiger partial charge in [0.15, 0.2) is 0 Å². The summed E-state index contributed by atoms with van der Waals surface area (Å²) in [5.74, 6) is 0.613. The van der Waals surface area contributed by atoms with Crippen LogP contribution in [0.15, 0.2) is 97.1 Å². The third kappa shape index (κ3) is 14.7. The molecule has 8 aromatic rings. The highest BCUT2D eigenvalue weighted by Gasteiger charge is 2.27. The van der Waals surface area contributed by atoms with E-state index in [9.17, 15) is 0 Å². The number of rotatable bonds is 32. The second-order valence-corrected chi connectivity index (χ2v) is 28.6. The highest BCUT2D eigenvalue weighted by atomic mass is 32.1. The molecule has 406 valence electrons. The maximum atomic E-state index is 2.63. The van der Waals surface area contributed by atoms with Crippen molar-refractivity contribution < 1.29 is 0 Å². The Kier molecular flexibility index (Phi) is 22.6. The van der Waals surface area contributed by atoms with Gasteiger partial charge in [0, 0.05) is 58.5 Å². The SMILES string of the molecule is CCCCCCc1cc(-c2cc(-c3cc(CCCCCC)c(-c4sc(-c5ccccc5)cc4CCCCCC)s3)cc(C(C)(CC)CC)c2)sc1-c1ccc(-c2ccc(-c3sc(C(C)CC)cc3CCCCCC)s2)s1. The average Bonchev–Trinajstić information content (AvgIpc) is 4.33. The summed E-state index contributed by atoms with van der Waals surface area (Å²) in [5, 5.41) is 0. The molecule has 0 saturated carbocycles. The molecule has 0 spiro atoms. The zero-order chi connectivity index (χ0) is 53.4. The van der Waals surface area contributed by atoms with Crippen molar-refractivity contribution in [2.24, 2.45) is 0 Å². The van der Waals surface area contributed by atoms with E-state index in [2.05, 4.69) is 193 Å². The summed E-state index contributed by atoms with van der Waals surface area (Å²) >= 11 is 12.3. The average molecular weight is 1120 g/mol. The van der Waals surface area contributed by atoms with Crippen LogP contribution in [0.5, 0.6) is 0 Å². The summed E-state index contributed by atoms with van der Waals surface area (Å²) in [7, 11) is 0. The maximum absolute atomic E-state index is 2.63. The van der Waals surface area contributed by atoms with Crippen molar-refractivity contribution in [2.75, 3.05) is 0 Å². The Labute approximate surface area is 485 Å². The van der Waals surface area contributed by atoms with Gasteiger partial charge < -0.3 is 0 Å². The first-order chi connectivity index (χ1) is 37.1. The third-order valence-electron chi connectivity index (χ3n) is 16.5. The molecule has 0 amide bonds. The highest BCUT2D eigenvalue weighted by molar-refractivity contribution is 7.29. The molecule has 0 fully saturated rings. The topological polar surface area (TPSA) is 0 Å². The molecule has 6 heterocycles. The number of hydrogen-bond donors (Lipinski definition) is 0. The van der Waals surface area contributed by atoms with Gasteiger partial charge in [0.1, 0.15) is 0 Å². The second kappa shape index (κ2) is 29.2. The summed E-state index contributed by atoms with van der Waals surface area (Å²) in [4.78, 5) is 17.6. The molecule has 0 N–H and O–H groups in total. The van der Waals surface area contributed by atoms with Crippen LogP contribution < -0.4 is 0 Å². The molecule has 2 aromatic carbocycles. The van der Waals surface area contributed by atoms with E-state index in [-0.39, 0.29) is 5.41 Å². The van der Waals surface area contributed by atoms with Crippen molar-refractivity contribution in [1.29, 1.82) is 0 Å². The minimum atomic E-state index is 0.0951. The van der Waals surface area contributed by atoms with Crippen molar-refractivity contribution in [3.63, 3.8) is 0 Å². The van der Waals surface area contributed by atoms with Gasteiger partial charge in [0.25, 0.3) is 0 Å². The van der Waals surface area contributed by atoms with Gasteiger partial charge in [-0.25, -0.2) is 0 Å². The van der Waals surface area contributed by atoms with Crippen molar-refractivity contribution in [3.05, 3.63) is 130 Å². The van der Waals surface area contributed by atoms with Crippen LogP contribution in [-0.2, 0) is 31.1 Å². The molecule has 6 heteroatoms. The predicted molar refractivity (Wildman–Crippen MR) is 350 cm³/mol. The molecular weight excluding hydrogens is 1030 g/mol. The van der Waals surface area contributed by atoms with Gasteiger partial charge in [-0.1, -0.05) is 170 Å². The van der Waals surface area contributed by atoms with Crippen LogP contribution in [-0.4, -0.2) is 0 Å². The summed E-state index contributed by atoms with van der Waals surface area (Å²) in [6, 6.07) is 39.0. The number of hydrogen-bond acceptors (Lipinski definition) is 6. The van der Waals surface area contributed by atoms with Crippen LogP contribution in [0, 0.1) is 0 Å². The first-order valence-corrected chi connectivity index (χ1v) is 35.0. The van der Waals surface area contributed by atoms with E-state index in [0.29, 0.717) is 5.92 Å². The largest absolute Gasteiger partial charge is 0.139 e. The molecule has 8 rings (SSSR count).